The Hall–Kier alpha value is -2.34. The summed E-state index contributed by atoms with van der Waals surface area (Å²) in [5.74, 6) is -1.05. The molecule has 0 saturated carbocycles. The molecule has 0 saturated heterocycles. The van der Waals surface area contributed by atoms with Crippen LogP contribution in [0.1, 0.15) is 4.88 Å². The van der Waals surface area contributed by atoms with E-state index in [1.165, 1.54) is 11.3 Å². The lowest BCUT2D eigenvalue weighted by Crippen LogP contribution is -2.44. The van der Waals surface area contributed by atoms with Crippen LogP contribution in [0.25, 0.3) is 0 Å². The number of hydrogen-bond acceptors (Lipinski definition) is 3. The summed E-state index contributed by atoms with van der Waals surface area (Å²) >= 11 is 1.46. The lowest BCUT2D eigenvalue weighted by atomic mass is 10.2. The Balaban J connectivity index is 1.94. The van der Waals surface area contributed by atoms with Gasteiger partial charge in [-0.25, -0.2) is 9.59 Å². The van der Waals surface area contributed by atoms with E-state index in [4.69, 9.17) is 5.11 Å². The first-order valence-electron chi connectivity index (χ1n) is 6.03. The van der Waals surface area contributed by atoms with Crippen LogP contribution in [0.4, 0.5) is 10.5 Å². The Kier molecular flexibility index (Phi) is 4.73. The summed E-state index contributed by atoms with van der Waals surface area (Å²) < 4.78 is 0. The molecule has 6 heteroatoms. The maximum absolute atomic E-state index is 11.8. The zero-order chi connectivity index (χ0) is 14.4. The van der Waals surface area contributed by atoms with Crippen LogP contribution >= 0.6 is 11.3 Å². The van der Waals surface area contributed by atoms with E-state index in [1.54, 1.807) is 24.3 Å². The van der Waals surface area contributed by atoms with Crippen molar-refractivity contribution in [3.05, 3.63) is 52.7 Å². The maximum Gasteiger partial charge on any atom is 0.326 e. The molecule has 0 aliphatic rings. The number of amides is 2. The van der Waals surface area contributed by atoms with Crippen LogP contribution in [-0.2, 0) is 11.2 Å². The van der Waals surface area contributed by atoms with Gasteiger partial charge in [0.2, 0.25) is 0 Å². The Bertz CT molecular complexity index is 569. The van der Waals surface area contributed by atoms with Crippen molar-refractivity contribution in [2.75, 3.05) is 5.32 Å². The number of hydrogen-bond donors (Lipinski definition) is 3. The van der Waals surface area contributed by atoms with E-state index in [0.29, 0.717) is 5.69 Å². The molecular formula is C14H14N2O3S. The molecule has 0 aliphatic carbocycles. The second kappa shape index (κ2) is 6.72. The summed E-state index contributed by atoms with van der Waals surface area (Å²) in [6, 6.07) is 11.1. The van der Waals surface area contributed by atoms with Gasteiger partial charge in [-0.1, -0.05) is 24.3 Å². The largest absolute Gasteiger partial charge is 0.480 e. The van der Waals surface area contributed by atoms with E-state index in [0.717, 1.165) is 4.88 Å². The van der Waals surface area contributed by atoms with Gasteiger partial charge in [0.15, 0.2) is 0 Å². The molecule has 0 bridgehead atoms. The second-order valence-electron chi connectivity index (χ2n) is 4.14. The number of thiophene rings is 1. The van der Waals surface area contributed by atoms with Crippen molar-refractivity contribution in [1.82, 2.24) is 5.32 Å². The number of aliphatic carboxylic acids is 1. The minimum Gasteiger partial charge on any atom is -0.480 e. The molecule has 2 amide bonds. The quantitative estimate of drug-likeness (QED) is 0.792. The smallest absolute Gasteiger partial charge is 0.326 e. The van der Waals surface area contributed by atoms with Gasteiger partial charge in [-0.05, 0) is 23.6 Å². The van der Waals surface area contributed by atoms with Crippen molar-refractivity contribution in [2.45, 2.75) is 12.5 Å². The highest BCUT2D eigenvalue weighted by Crippen LogP contribution is 2.11. The number of carboxylic acid groups (broad SMARTS) is 1. The molecule has 2 aromatic rings. The second-order valence-corrected chi connectivity index (χ2v) is 5.17. The molecule has 0 radical (unpaired) electrons. The molecule has 3 N–H and O–H groups in total. The number of rotatable bonds is 5. The molecular weight excluding hydrogens is 276 g/mol. The Morgan fingerprint density at radius 2 is 1.90 bits per heavy atom. The van der Waals surface area contributed by atoms with E-state index < -0.39 is 18.0 Å². The number of carbonyl (C=O) groups is 2. The van der Waals surface area contributed by atoms with Crippen LogP contribution in [0.5, 0.6) is 0 Å². The third-order valence-electron chi connectivity index (χ3n) is 2.62. The molecule has 1 heterocycles. The fourth-order valence-corrected chi connectivity index (χ4v) is 2.43. The van der Waals surface area contributed by atoms with Crippen molar-refractivity contribution in [3.8, 4) is 0 Å². The first kappa shape index (κ1) is 14.1. The van der Waals surface area contributed by atoms with Gasteiger partial charge in [0.1, 0.15) is 6.04 Å². The Morgan fingerprint density at radius 3 is 2.50 bits per heavy atom. The van der Waals surface area contributed by atoms with Gasteiger partial charge in [0, 0.05) is 17.0 Å². The highest BCUT2D eigenvalue weighted by molar-refractivity contribution is 7.09. The SMILES string of the molecule is O=C(Nc1ccccc1)NC(Cc1cccs1)C(=O)O. The van der Waals surface area contributed by atoms with Gasteiger partial charge >= 0.3 is 12.0 Å². The molecule has 1 atom stereocenters. The molecule has 0 fully saturated rings. The van der Waals surface area contributed by atoms with E-state index in [9.17, 15) is 9.59 Å². The Labute approximate surface area is 120 Å². The third-order valence-corrected chi connectivity index (χ3v) is 3.52. The minimum atomic E-state index is -1.05. The van der Waals surface area contributed by atoms with Crippen molar-refractivity contribution in [3.63, 3.8) is 0 Å². The van der Waals surface area contributed by atoms with Gasteiger partial charge < -0.3 is 15.7 Å². The molecule has 20 heavy (non-hydrogen) atoms. The molecule has 0 spiro atoms. The van der Waals surface area contributed by atoms with Crippen molar-refractivity contribution in [2.24, 2.45) is 0 Å². The molecule has 0 aliphatic heterocycles. The first-order valence-corrected chi connectivity index (χ1v) is 6.91. The van der Waals surface area contributed by atoms with E-state index in [1.807, 2.05) is 23.6 Å². The lowest BCUT2D eigenvalue weighted by molar-refractivity contribution is -0.139. The van der Waals surface area contributed by atoms with E-state index in [-0.39, 0.29) is 6.42 Å². The minimum absolute atomic E-state index is 0.273. The normalized spacial score (nSPS) is 11.6. The number of urea groups is 1. The van der Waals surface area contributed by atoms with Crippen LogP contribution in [0.2, 0.25) is 0 Å². The van der Waals surface area contributed by atoms with E-state index in [2.05, 4.69) is 10.6 Å². The summed E-state index contributed by atoms with van der Waals surface area (Å²) in [6.07, 6.45) is 0.273. The predicted octanol–water partition coefficient (Wildman–Crippen LogP) is 2.57. The summed E-state index contributed by atoms with van der Waals surface area (Å²) in [7, 11) is 0. The molecule has 1 unspecified atom stereocenters. The molecule has 1 aromatic carbocycles. The molecule has 5 nitrogen and oxygen atoms in total. The average Bonchev–Trinajstić information content (AvgIpc) is 2.92. The number of nitrogens with one attached hydrogen (secondary N) is 2. The topological polar surface area (TPSA) is 78.4 Å². The van der Waals surface area contributed by atoms with Crippen LogP contribution < -0.4 is 10.6 Å². The van der Waals surface area contributed by atoms with Crippen molar-refractivity contribution >= 4 is 29.0 Å². The predicted molar refractivity (Wildman–Crippen MR) is 78.0 cm³/mol. The fraction of sp³-hybridized carbons (Fsp3) is 0.143. The molecule has 2 rings (SSSR count). The van der Waals surface area contributed by atoms with Gasteiger partial charge in [-0.15, -0.1) is 11.3 Å². The van der Waals surface area contributed by atoms with Gasteiger partial charge in [-0.3, -0.25) is 0 Å². The molecule has 104 valence electrons. The lowest BCUT2D eigenvalue weighted by Gasteiger charge is -2.14. The zero-order valence-corrected chi connectivity index (χ0v) is 11.4. The molecule has 1 aromatic heterocycles. The van der Waals surface area contributed by atoms with Crippen LogP contribution in [0.3, 0.4) is 0 Å². The summed E-state index contributed by atoms with van der Waals surface area (Å²) in [6.45, 7) is 0. The average molecular weight is 290 g/mol. The van der Waals surface area contributed by atoms with Crippen molar-refractivity contribution < 1.29 is 14.7 Å². The number of anilines is 1. The monoisotopic (exact) mass is 290 g/mol. The summed E-state index contributed by atoms with van der Waals surface area (Å²) in [5, 5.41) is 16.1. The number of benzene rings is 1. The van der Waals surface area contributed by atoms with Crippen molar-refractivity contribution in [1.29, 1.82) is 0 Å². The third kappa shape index (κ3) is 4.10. The van der Waals surface area contributed by atoms with Gasteiger partial charge in [0.05, 0.1) is 0 Å². The highest BCUT2D eigenvalue weighted by atomic mass is 32.1. The standard InChI is InChI=1S/C14H14N2O3S/c17-13(18)12(9-11-7-4-8-20-11)16-14(19)15-10-5-2-1-3-6-10/h1-8,12H,9H2,(H,17,18)(H2,15,16,19). The highest BCUT2D eigenvalue weighted by Gasteiger charge is 2.20. The van der Waals surface area contributed by atoms with Gasteiger partial charge in [-0.2, -0.15) is 0 Å². The summed E-state index contributed by atoms with van der Waals surface area (Å²) in [4.78, 5) is 23.9. The zero-order valence-electron chi connectivity index (χ0n) is 10.6. The number of carboxylic acids is 1. The maximum atomic E-state index is 11.8. The van der Waals surface area contributed by atoms with E-state index >= 15 is 0 Å². The number of para-hydroxylation sites is 1. The van der Waals surface area contributed by atoms with Gasteiger partial charge in [0.25, 0.3) is 0 Å². The van der Waals surface area contributed by atoms with Crippen LogP contribution in [-0.4, -0.2) is 23.1 Å². The van der Waals surface area contributed by atoms with Crippen LogP contribution in [0.15, 0.2) is 47.8 Å². The first-order chi connectivity index (χ1) is 9.65. The summed E-state index contributed by atoms with van der Waals surface area (Å²) in [5.41, 5.74) is 0.616. The number of carbonyl (C=O) groups excluding carboxylic acids is 1. The van der Waals surface area contributed by atoms with Crippen LogP contribution in [0, 0.1) is 0 Å². The fourth-order valence-electron chi connectivity index (χ4n) is 1.68. The Morgan fingerprint density at radius 1 is 1.15 bits per heavy atom.